The van der Waals surface area contributed by atoms with E-state index in [9.17, 15) is 19.8 Å². The Morgan fingerprint density at radius 1 is 0.583 bits per heavy atom. The van der Waals surface area contributed by atoms with E-state index < -0.39 is 0 Å². The fourth-order valence-electron chi connectivity index (χ4n) is 3.39. The standard InChI is InChI=1S/C28H26O8/c1-33-25-15-20(8-10-22(30)18-6-12-24(32)28(14-18)36-4)26(34-2)16-19(25)7-9-21(29)17-5-11-23(31)27(13-17)35-3/h5-16,31-32H,1-4H3/b9-7+,10-8+. The highest BCUT2D eigenvalue weighted by Crippen LogP contribution is 2.32. The lowest BCUT2D eigenvalue weighted by Gasteiger charge is -2.11. The van der Waals surface area contributed by atoms with E-state index in [1.54, 1.807) is 24.3 Å². The summed E-state index contributed by atoms with van der Waals surface area (Å²) in [7, 11) is 5.79. The molecule has 36 heavy (non-hydrogen) atoms. The quantitative estimate of drug-likeness (QED) is 0.304. The Morgan fingerprint density at radius 2 is 0.944 bits per heavy atom. The summed E-state index contributed by atoms with van der Waals surface area (Å²) in [6.07, 6.45) is 5.93. The second kappa shape index (κ2) is 11.6. The molecule has 0 aliphatic carbocycles. The average Bonchev–Trinajstić information content (AvgIpc) is 2.90. The molecule has 0 bridgehead atoms. The SMILES string of the molecule is COc1cc(C(=O)/C=C/c2cc(OC)c(/C=C/C(=O)c3ccc(O)c(OC)c3)cc2OC)ccc1O. The van der Waals surface area contributed by atoms with Gasteiger partial charge in [0.05, 0.1) is 28.4 Å². The maximum Gasteiger partial charge on any atom is 0.185 e. The smallest absolute Gasteiger partial charge is 0.185 e. The predicted molar refractivity (Wildman–Crippen MR) is 136 cm³/mol. The minimum Gasteiger partial charge on any atom is -0.504 e. The maximum atomic E-state index is 12.6. The third-order valence-electron chi connectivity index (χ3n) is 5.34. The molecule has 8 heteroatoms. The van der Waals surface area contributed by atoms with Crippen LogP contribution in [0.25, 0.3) is 12.2 Å². The van der Waals surface area contributed by atoms with Gasteiger partial charge in [-0.3, -0.25) is 9.59 Å². The first-order valence-corrected chi connectivity index (χ1v) is 10.8. The van der Waals surface area contributed by atoms with Crippen molar-refractivity contribution in [3.8, 4) is 34.5 Å². The molecule has 0 unspecified atom stereocenters. The summed E-state index contributed by atoms with van der Waals surface area (Å²) in [5.41, 5.74) is 1.85. The number of carbonyl (C=O) groups excluding carboxylic acids is 2. The van der Waals surface area contributed by atoms with Gasteiger partial charge in [0.25, 0.3) is 0 Å². The van der Waals surface area contributed by atoms with Crippen molar-refractivity contribution in [3.63, 3.8) is 0 Å². The van der Waals surface area contributed by atoms with E-state index in [2.05, 4.69) is 0 Å². The molecule has 0 aliphatic rings. The highest BCUT2D eigenvalue weighted by Gasteiger charge is 2.12. The van der Waals surface area contributed by atoms with Crippen molar-refractivity contribution in [2.75, 3.05) is 28.4 Å². The zero-order valence-corrected chi connectivity index (χ0v) is 20.3. The number of hydrogen-bond donors (Lipinski definition) is 2. The zero-order valence-electron chi connectivity index (χ0n) is 20.3. The first-order valence-electron chi connectivity index (χ1n) is 10.8. The van der Waals surface area contributed by atoms with Gasteiger partial charge in [0.1, 0.15) is 11.5 Å². The van der Waals surface area contributed by atoms with Crippen molar-refractivity contribution < 1.29 is 38.7 Å². The van der Waals surface area contributed by atoms with Gasteiger partial charge >= 0.3 is 0 Å². The first kappa shape index (κ1) is 25.9. The van der Waals surface area contributed by atoms with Gasteiger partial charge < -0.3 is 29.2 Å². The summed E-state index contributed by atoms with van der Waals surface area (Å²) in [6.45, 7) is 0. The monoisotopic (exact) mass is 490 g/mol. The van der Waals surface area contributed by atoms with Crippen molar-refractivity contribution >= 4 is 23.7 Å². The molecule has 0 heterocycles. The molecule has 0 radical (unpaired) electrons. The van der Waals surface area contributed by atoms with Crippen molar-refractivity contribution in [1.82, 2.24) is 0 Å². The number of methoxy groups -OCH3 is 4. The number of ether oxygens (including phenoxy) is 4. The normalized spacial score (nSPS) is 11.0. The van der Waals surface area contributed by atoms with E-state index in [4.69, 9.17) is 18.9 Å². The molecule has 8 nitrogen and oxygen atoms in total. The van der Waals surface area contributed by atoms with E-state index in [0.717, 1.165) is 0 Å². The molecule has 3 aromatic carbocycles. The molecule has 0 aliphatic heterocycles. The Morgan fingerprint density at radius 3 is 1.28 bits per heavy atom. The van der Waals surface area contributed by atoms with Gasteiger partial charge in [-0.2, -0.15) is 0 Å². The van der Waals surface area contributed by atoms with Gasteiger partial charge in [-0.15, -0.1) is 0 Å². The van der Waals surface area contributed by atoms with Crippen LogP contribution in [0, 0.1) is 0 Å². The topological polar surface area (TPSA) is 112 Å². The lowest BCUT2D eigenvalue weighted by atomic mass is 10.0. The van der Waals surface area contributed by atoms with Crippen LogP contribution < -0.4 is 18.9 Å². The summed E-state index contributed by atoms with van der Waals surface area (Å²) >= 11 is 0. The van der Waals surface area contributed by atoms with Crippen molar-refractivity contribution in [3.05, 3.63) is 82.9 Å². The van der Waals surface area contributed by atoms with E-state index >= 15 is 0 Å². The second-order valence-corrected chi connectivity index (χ2v) is 7.50. The molecule has 2 N–H and O–H groups in total. The summed E-state index contributed by atoms with van der Waals surface area (Å²) < 4.78 is 21.1. The molecule has 0 fully saturated rings. The van der Waals surface area contributed by atoms with Crippen LogP contribution in [-0.2, 0) is 0 Å². The molecule has 186 valence electrons. The number of hydrogen-bond acceptors (Lipinski definition) is 8. The van der Waals surface area contributed by atoms with Crippen LogP contribution >= 0.6 is 0 Å². The molecule has 0 saturated heterocycles. The maximum absolute atomic E-state index is 12.6. The lowest BCUT2D eigenvalue weighted by Crippen LogP contribution is -1.97. The molecule has 0 saturated carbocycles. The molecular weight excluding hydrogens is 464 g/mol. The summed E-state index contributed by atoms with van der Waals surface area (Å²) in [5.74, 6) is 0.603. The van der Waals surface area contributed by atoms with Crippen LogP contribution in [0.15, 0.2) is 60.7 Å². The first-order chi connectivity index (χ1) is 17.3. The second-order valence-electron chi connectivity index (χ2n) is 7.50. The average molecular weight is 491 g/mol. The Hall–Kier alpha value is -4.72. The summed E-state index contributed by atoms with van der Waals surface area (Å²) in [4.78, 5) is 25.3. The predicted octanol–water partition coefficient (Wildman–Crippen LogP) is 4.92. The largest absolute Gasteiger partial charge is 0.504 e. The minimum atomic E-state index is -0.298. The van der Waals surface area contributed by atoms with Gasteiger partial charge in [-0.1, -0.05) is 0 Å². The van der Waals surface area contributed by atoms with Crippen molar-refractivity contribution in [2.24, 2.45) is 0 Å². The van der Waals surface area contributed by atoms with Gasteiger partial charge in [-0.05, 0) is 72.8 Å². The molecule has 3 aromatic rings. The van der Waals surface area contributed by atoms with Crippen molar-refractivity contribution in [2.45, 2.75) is 0 Å². The van der Waals surface area contributed by atoms with Gasteiger partial charge in [0.15, 0.2) is 34.6 Å². The van der Waals surface area contributed by atoms with Gasteiger partial charge in [-0.25, -0.2) is 0 Å². The fourth-order valence-corrected chi connectivity index (χ4v) is 3.39. The Labute approximate surface area is 208 Å². The van der Waals surface area contributed by atoms with Crippen LogP contribution in [-0.4, -0.2) is 50.2 Å². The van der Waals surface area contributed by atoms with Crippen LogP contribution in [0.3, 0.4) is 0 Å². The molecular formula is C28H26O8. The fraction of sp³-hybridized carbons (Fsp3) is 0.143. The third-order valence-corrected chi connectivity index (χ3v) is 5.34. The zero-order chi connectivity index (χ0) is 26.2. The van der Waals surface area contributed by atoms with Crippen molar-refractivity contribution in [1.29, 1.82) is 0 Å². The van der Waals surface area contributed by atoms with E-state index in [0.29, 0.717) is 33.8 Å². The Balaban J connectivity index is 1.87. The van der Waals surface area contributed by atoms with Crippen LogP contribution in [0.1, 0.15) is 31.8 Å². The number of rotatable bonds is 10. The van der Waals surface area contributed by atoms with E-state index in [-0.39, 0.29) is 34.6 Å². The number of allylic oxidation sites excluding steroid dienone is 2. The molecule has 0 spiro atoms. The summed E-state index contributed by atoms with van der Waals surface area (Å²) in [6, 6.07) is 12.1. The Bertz CT molecular complexity index is 1230. The number of phenols is 2. The van der Waals surface area contributed by atoms with Gasteiger partial charge in [0.2, 0.25) is 0 Å². The number of benzene rings is 3. The highest BCUT2D eigenvalue weighted by molar-refractivity contribution is 6.08. The van der Waals surface area contributed by atoms with Gasteiger partial charge in [0, 0.05) is 22.3 Å². The minimum absolute atomic E-state index is 0.0592. The molecule has 3 rings (SSSR count). The number of ketones is 2. The van der Waals surface area contributed by atoms with Crippen LogP contribution in [0.4, 0.5) is 0 Å². The Kier molecular flexibility index (Phi) is 8.35. The number of carbonyl (C=O) groups is 2. The number of phenolic OH excluding ortho intramolecular Hbond substituents is 2. The number of aromatic hydroxyl groups is 2. The molecule has 0 aromatic heterocycles. The third kappa shape index (κ3) is 5.85. The van der Waals surface area contributed by atoms with E-state index in [1.807, 2.05) is 0 Å². The van der Waals surface area contributed by atoms with E-state index in [1.165, 1.54) is 77.0 Å². The lowest BCUT2D eigenvalue weighted by molar-refractivity contribution is 0.103. The van der Waals surface area contributed by atoms with Crippen LogP contribution in [0.5, 0.6) is 34.5 Å². The highest BCUT2D eigenvalue weighted by atomic mass is 16.5. The molecule has 0 amide bonds. The molecule has 0 atom stereocenters. The summed E-state index contributed by atoms with van der Waals surface area (Å²) in [5, 5.41) is 19.5. The van der Waals surface area contributed by atoms with Crippen LogP contribution in [0.2, 0.25) is 0 Å².